The van der Waals surface area contributed by atoms with Crippen molar-refractivity contribution < 1.29 is 19.4 Å². The number of aromatic hydroxyl groups is 1. The van der Waals surface area contributed by atoms with E-state index in [1.54, 1.807) is 18.2 Å². The molecule has 1 rings (SSSR count). The van der Waals surface area contributed by atoms with Crippen LogP contribution in [0.1, 0.15) is 32.8 Å². The van der Waals surface area contributed by atoms with Gasteiger partial charge < -0.3 is 9.84 Å². The van der Waals surface area contributed by atoms with Crippen molar-refractivity contribution in [2.24, 2.45) is 5.41 Å². The van der Waals surface area contributed by atoms with Crippen molar-refractivity contribution in [2.75, 3.05) is 7.11 Å². The molecule has 0 aliphatic carbocycles. The molecule has 0 saturated heterocycles. The van der Waals surface area contributed by atoms with Gasteiger partial charge in [0.2, 0.25) is 11.6 Å². The first-order chi connectivity index (χ1) is 10.2. The Bertz CT molecular complexity index is 604. The third kappa shape index (κ3) is 5.95. The number of ether oxygens (including phenoxy) is 1. The van der Waals surface area contributed by atoms with Crippen LogP contribution in [0.4, 0.5) is 0 Å². The van der Waals surface area contributed by atoms with Gasteiger partial charge in [0, 0.05) is 6.42 Å². The summed E-state index contributed by atoms with van der Waals surface area (Å²) in [7, 11) is 1.44. The van der Waals surface area contributed by atoms with E-state index in [4.69, 9.17) is 4.74 Å². The van der Waals surface area contributed by atoms with Crippen LogP contribution in [-0.2, 0) is 9.59 Å². The second kappa shape index (κ2) is 7.59. The van der Waals surface area contributed by atoms with Crippen molar-refractivity contribution in [2.45, 2.75) is 27.2 Å². The Labute approximate surface area is 131 Å². The lowest BCUT2D eigenvalue weighted by atomic mass is 9.95. The van der Waals surface area contributed by atoms with Crippen molar-refractivity contribution >= 4 is 17.6 Å². The number of carbonyl (C=O) groups is 2. The zero-order valence-corrected chi connectivity index (χ0v) is 13.4. The molecule has 1 N–H and O–H groups in total. The number of phenols is 1. The Balaban J connectivity index is 2.68. The fourth-order valence-electron chi connectivity index (χ4n) is 1.68. The first-order valence-electron chi connectivity index (χ1n) is 7.03. The average Bonchev–Trinajstić information content (AvgIpc) is 2.44. The smallest absolute Gasteiger partial charge is 0.221 e. The van der Waals surface area contributed by atoms with E-state index < -0.39 is 11.6 Å². The molecule has 0 bridgehead atoms. The van der Waals surface area contributed by atoms with E-state index in [2.05, 4.69) is 0 Å². The number of phenolic OH excluding ortho intramolecular Hbond substituents is 1. The number of ketones is 2. The fourth-order valence-corrected chi connectivity index (χ4v) is 1.68. The van der Waals surface area contributed by atoms with Gasteiger partial charge in [-0.05, 0) is 29.2 Å². The van der Waals surface area contributed by atoms with Crippen LogP contribution >= 0.6 is 0 Å². The summed E-state index contributed by atoms with van der Waals surface area (Å²) < 4.78 is 4.98. The number of carbonyl (C=O) groups excluding carboxylic acids is 2. The second-order valence-corrected chi connectivity index (χ2v) is 6.02. The van der Waals surface area contributed by atoms with Crippen molar-refractivity contribution in [1.29, 1.82) is 0 Å². The Morgan fingerprint density at radius 1 is 1.27 bits per heavy atom. The zero-order valence-electron chi connectivity index (χ0n) is 13.4. The van der Waals surface area contributed by atoms with Crippen LogP contribution in [0, 0.1) is 5.41 Å². The summed E-state index contributed by atoms with van der Waals surface area (Å²) in [6.07, 6.45) is 6.48. The van der Waals surface area contributed by atoms with Gasteiger partial charge in [-0.25, -0.2) is 0 Å². The van der Waals surface area contributed by atoms with E-state index >= 15 is 0 Å². The molecule has 0 spiro atoms. The molecule has 0 aliphatic heterocycles. The van der Waals surface area contributed by atoms with Gasteiger partial charge in [0.1, 0.15) is 0 Å². The number of methoxy groups -OCH3 is 1. The normalized spacial score (nSPS) is 12.0. The predicted octanol–water partition coefficient (Wildman–Crippen LogP) is 3.54. The topological polar surface area (TPSA) is 63.6 Å². The summed E-state index contributed by atoms with van der Waals surface area (Å²) in [5.74, 6) is -0.670. The molecular weight excluding hydrogens is 280 g/mol. The summed E-state index contributed by atoms with van der Waals surface area (Å²) in [4.78, 5) is 23.5. The van der Waals surface area contributed by atoms with Gasteiger partial charge in [0.25, 0.3) is 0 Å². The predicted molar refractivity (Wildman–Crippen MR) is 86.9 cm³/mol. The monoisotopic (exact) mass is 302 g/mol. The third-order valence-corrected chi connectivity index (χ3v) is 2.83. The summed E-state index contributed by atoms with van der Waals surface area (Å²) in [6, 6.07) is 4.69. The second-order valence-electron chi connectivity index (χ2n) is 6.02. The molecule has 4 heteroatoms. The van der Waals surface area contributed by atoms with Crippen LogP contribution < -0.4 is 4.74 Å². The van der Waals surface area contributed by atoms with Crippen molar-refractivity contribution in [3.8, 4) is 11.5 Å². The van der Waals surface area contributed by atoms with Crippen LogP contribution in [0.15, 0.2) is 36.4 Å². The fraction of sp³-hybridized carbons (Fsp3) is 0.333. The van der Waals surface area contributed by atoms with E-state index in [-0.39, 0.29) is 17.6 Å². The molecule has 118 valence electrons. The van der Waals surface area contributed by atoms with Crippen molar-refractivity contribution in [3.63, 3.8) is 0 Å². The Hall–Kier alpha value is -2.36. The van der Waals surface area contributed by atoms with Crippen LogP contribution in [0.5, 0.6) is 11.5 Å². The molecule has 0 saturated carbocycles. The highest BCUT2D eigenvalue weighted by Gasteiger charge is 2.10. The molecule has 1 aromatic rings. The van der Waals surface area contributed by atoms with Gasteiger partial charge >= 0.3 is 0 Å². The van der Waals surface area contributed by atoms with Crippen molar-refractivity contribution in [3.05, 3.63) is 42.0 Å². The number of hydrogen-bond acceptors (Lipinski definition) is 4. The Kier molecular flexibility index (Phi) is 6.11. The Morgan fingerprint density at radius 3 is 2.55 bits per heavy atom. The van der Waals surface area contributed by atoms with Gasteiger partial charge in [-0.2, -0.15) is 0 Å². The molecule has 0 atom stereocenters. The molecule has 0 amide bonds. The van der Waals surface area contributed by atoms with Gasteiger partial charge in [-0.3, -0.25) is 9.59 Å². The van der Waals surface area contributed by atoms with E-state index in [1.165, 1.54) is 25.3 Å². The molecule has 4 nitrogen and oxygen atoms in total. The molecule has 22 heavy (non-hydrogen) atoms. The third-order valence-electron chi connectivity index (χ3n) is 2.83. The SMILES string of the molecule is COc1cc(/C=C/C(=O)C(=O)C/C=C\C(C)(C)C)ccc1O. The maximum Gasteiger partial charge on any atom is 0.221 e. The maximum absolute atomic E-state index is 11.7. The summed E-state index contributed by atoms with van der Waals surface area (Å²) in [6.45, 7) is 6.07. The van der Waals surface area contributed by atoms with E-state index in [0.29, 0.717) is 11.3 Å². The molecule has 0 aromatic heterocycles. The van der Waals surface area contributed by atoms with E-state index in [1.807, 2.05) is 26.8 Å². The zero-order chi connectivity index (χ0) is 16.8. The molecule has 0 fully saturated rings. The minimum atomic E-state index is -0.550. The highest BCUT2D eigenvalue weighted by molar-refractivity contribution is 6.42. The van der Waals surface area contributed by atoms with Gasteiger partial charge in [-0.15, -0.1) is 0 Å². The largest absolute Gasteiger partial charge is 0.504 e. The number of benzene rings is 1. The summed E-state index contributed by atoms with van der Waals surface area (Å²) in [5.41, 5.74) is 0.655. The first kappa shape index (κ1) is 17.7. The number of hydrogen-bond donors (Lipinski definition) is 1. The van der Waals surface area contributed by atoms with E-state index in [0.717, 1.165) is 0 Å². The molecule has 1 aromatic carbocycles. The van der Waals surface area contributed by atoms with Crippen LogP contribution in [0.3, 0.4) is 0 Å². The van der Waals surface area contributed by atoms with Gasteiger partial charge in [0.05, 0.1) is 7.11 Å². The lowest BCUT2D eigenvalue weighted by molar-refractivity contribution is -0.133. The molecule has 0 radical (unpaired) electrons. The maximum atomic E-state index is 11.7. The van der Waals surface area contributed by atoms with E-state index in [9.17, 15) is 14.7 Å². The first-order valence-corrected chi connectivity index (χ1v) is 7.03. The highest BCUT2D eigenvalue weighted by atomic mass is 16.5. The average molecular weight is 302 g/mol. The number of rotatable bonds is 6. The lowest BCUT2D eigenvalue weighted by Crippen LogP contribution is -2.09. The minimum Gasteiger partial charge on any atom is -0.504 e. The standard InChI is InChI=1S/C18H22O4/c1-18(2,3)11-5-6-14(19)15(20)9-7-13-8-10-16(21)17(12-13)22-4/h5,7-12,21H,6H2,1-4H3/b9-7+,11-5-. The molecule has 0 aliphatic rings. The number of Topliss-reactive ketones (excluding diaryl/α,β-unsaturated/α-hetero) is 1. The van der Waals surface area contributed by atoms with Crippen LogP contribution in [-0.4, -0.2) is 23.8 Å². The van der Waals surface area contributed by atoms with Crippen molar-refractivity contribution in [1.82, 2.24) is 0 Å². The summed E-state index contributed by atoms with van der Waals surface area (Å²) >= 11 is 0. The highest BCUT2D eigenvalue weighted by Crippen LogP contribution is 2.26. The van der Waals surface area contributed by atoms with Crippen LogP contribution in [0.25, 0.3) is 6.08 Å². The Morgan fingerprint density at radius 2 is 1.95 bits per heavy atom. The quantitative estimate of drug-likeness (QED) is 0.496. The van der Waals surface area contributed by atoms with Gasteiger partial charge in [0.15, 0.2) is 11.5 Å². The summed E-state index contributed by atoms with van der Waals surface area (Å²) in [5, 5.41) is 9.49. The van der Waals surface area contributed by atoms with Gasteiger partial charge in [-0.1, -0.05) is 45.1 Å². The number of allylic oxidation sites excluding steroid dienone is 3. The molecule has 0 heterocycles. The minimum absolute atomic E-state index is 0.0121. The molecular formula is C18H22O4. The lowest BCUT2D eigenvalue weighted by Gasteiger charge is -2.10. The molecule has 0 unspecified atom stereocenters. The van der Waals surface area contributed by atoms with Crippen LogP contribution in [0.2, 0.25) is 0 Å².